The van der Waals surface area contributed by atoms with Gasteiger partial charge in [-0.3, -0.25) is 4.79 Å². The number of carbonyl (C=O) groups excluding carboxylic acids is 1. The van der Waals surface area contributed by atoms with Crippen molar-refractivity contribution >= 4 is 11.5 Å². The van der Waals surface area contributed by atoms with Crippen LogP contribution in [-0.2, 0) is 4.79 Å². The van der Waals surface area contributed by atoms with Crippen LogP contribution < -0.4 is 0 Å². The molecule has 0 aromatic rings. The number of hydrogen-bond acceptors (Lipinski definition) is 4. The molecule has 0 bridgehead atoms. The van der Waals surface area contributed by atoms with E-state index in [1.807, 2.05) is 13.8 Å². The first-order valence-corrected chi connectivity index (χ1v) is 4.56. The highest BCUT2D eigenvalue weighted by Gasteiger charge is 2.60. The Hall–Kier alpha value is -1.37. The summed E-state index contributed by atoms with van der Waals surface area (Å²) in [6.07, 6.45) is 0.407. The van der Waals surface area contributed by atoms with E-state index in [4.69, 9.17) is 10.5 Å². The maximum Gasteiger partial charge on any atom is 0.177 e. The van der Waals surface area contributed by atoms with Gasteiger partial charge in [0.05, 0.1) is 6.07 Å². The van der Waals surface area contributed by atoms with Gasteiger partial charge in [-0.05, 0) is 11.3 Å². The van der Waals surface area contributed by atoms with Crippen LogP contribution in [0.3, 0.4) is 0 Å². The maximum absolute atomic E-state index is 11.1. The fourth-order valence-electron chi connectivity index (χ4n) is 2.12. The quantitative estimate of drug-likeness (QED) is 0.421. The van der Waals surface area contributed by atoms with Crippen molar-refractivity contribution in [1.82, 2.24) is 0 Å². The molecule has 0 saturated heterocycles. The van der Waals surface area contributed by atoms with Gasteiger partial charge in [0, 0.05) is 19.3 Å². The number of nitrogens with zero attached hydrogens (tertiary/aromatic N) is 2. The summed E-state index contributed by atoms with van der Waals surface area (Å²) < 4.78 is 0. The summed E-state index contributed by atoms with van der Waals surface area (Å²) in [5.74, 6) is -0.141. The second-order valence-electron chi connectivity index (χ2n) is 4.31. The molecule has 1 aliphatic carbocycles. The molecule has 0 heterocycles. The molecule has 0 aromatic carbocycles. The van der Waals surface area contributed by atoms with E-state index in [0.717, 1.165) is 0 Å². The van der Waals surface area contributed by atoms with Crippen LogP contribution in [0, 0.1) is 28.6 Å². The second kappa shape index (κ2) is 3.41. The molecule has 0 spiro atoms. The van der Waals surface area contributed by atoms with E-state index in [1.165, 1.54) is 6.92 Å². The van der Waals surface area contributed by atoms with Crippen LogP contribution in [0.4, 0.5) is 0 Å². The molecule has 1 N–H and O–H groups in total. The van der Waals surface area contributed by atoms with Crippen LogP contribution in [-0.4, -0.2) is 16.7 Å². The molecule has 2 atom stereocenters. The standard InChI is InChI=1S/C10H14N2O2/c1-6(13)9(12-14)8-7(4-5-11)10(8,2)3/h7-8,14H,4H2,1-3H3/b12-9-/t7-,8+/m0/s1. The van der Waals surface area contributed by atoms with E-state index in [-0.39, 0.29) is 28.7 Å². The number of Topliss-reactive ketones (excluding diaryl/α,β-unsaturated/α-hetero) is 1. The molecule has 0 aliphatic heterocycles. The van der Waals surface area contributed by atoms with Crippen LogP contribution in [0.1, 0.15) is 27.2 Å². The smallest absolute Gasteiger partial charge is 0.177 e. The number of nitriles is 1. The third-order valence-electron chi connectivity index (χ3n) is 3.12. The summed E-state index contributed by atoms with van der Waals surface area (Å²) in [5, 5.41) is 20.3. The molecule has 0 radical (unpaired) electrons. The zero-order valence-electron chi connectivity index (χ0n) is 8.61. The average Bonchev–Trinajstić information content (AvgIpc) is 2.58. The first-order chi connectivity index (χ1) is 6.46. The molecule has 4 heteroatoms. The summed E-state index contributed by atoms with van der Waals surface area (Å²) in [6, 6.07) is 2.09. The Morgan fingerprint density at radius 1 is 1.64 bits per heavy atom. The summed E-state index contributed by atoms with van der Waals surface area (Å²) >= 11 is 0. The third-order valence-corrected chi connectivity index (χ3v) is 3.12. The van der Waals surface area contributed by atoms with Crippen molar-refractivity contribution in [2.24, 2.45) is 22.4 Å². The maximum atomic E-state index is 11.1. The number of ketones is 1. The predicted octanol–water partition coefficient (Wildman–Crippen LogP) is 1.59. The first kappa shape index (κ1) is 10.7. The molecule has 0 aromatic heterocycles. The number of carbonyl (C=O) groups is 1. The summed E-state index contributed by atoms with van der Waals surface area (Å²) in [6.45, 7) is 5.34. The Bertz CT molecular complexity index is 326. The molecule has 76 valence electrons. The van der Waals surface area contributed by atoms with Gasteiger partial charge in [0.15, 0.2) is 5.78 Å². The molecule has 14 heavy (non-hydrogen) atoms. The molecule has 1 rings (SSSR count). The lowest BCUT2D eigenvalue weighted by Gasteiger charge is -2.01. The minimum absolute atomic E-state index is 0.0651. The molecular weight excluding hydrogens is 180 g/mol. The third kappa shape index (κ3) is 1.50. The molecule has 4 nitrogen and oxygen atoms in total. The van der Waals surface area contributed by atoms with Crippen LogP contribution >= 0.6 is 0 Å². The molecule has 1 saturated carbocycles. The molecular formula is C10H14N2O2. The summed E-state index contributed by atoms with van der Waals surface area (Å²) in [5.41, 5.74) is 0.110. The Morgan fingerprint density at radius 2 is 2.21 bits per heavy atom. The van der Waals surface area contributed by atoms with E-state index in [9.17, 15) is 4.79 Å². The largest absolute Gasteiger partial charge is 0.411 e. The van der Waals surface area contributed by atoms with Crippen molar-refractivity contribution in [3.05, 3.63) is 0 Å². The lowest BCUT2D eigenvalue weighted by Crippen LogP contribution is -2.15. The summed E-state index contributed by atoms with van der Waals surface area (Å²) in [4.78, 5) is 11.1. The highest BCUT2D eigenvalue weighted by molar-refractivity contribution is 6.40. The molecule has 0 unspecified atom stereocenters. The summed E-state index contributed by atoms with van der Waals surface area (Å²) in [7, 11) is 0. The lowest BCUT2D eigenvalue weighted by atomic mass is 10.0. The molecule has 1 fully saturated rings. The van der Waals surface area contributed by atoms with Gasteiger partial charge in [0.2, 0.25) is 0 Å². The molecule has 1 aliphatic rings. The van der Waals surface area contributed by atoms with E-state index in [1.54, 1.807) is 0 Å². The van der Waals surface area contributed by atoms with Gasteiger partial charge < -0.3 is 5.21 Å². The van der Waals surface area contributed by atoms with Crippen molar-refractivity contribution in [1.29, 1.82) is 5.26 Å². The minimum Gasteiger partial charge on any atom is -0.411 e. The number of rotatable bonds is 3. The van der Waals surface area contributed by atoms with Crippen molar-refractivity contribution in [3.63, 3.8) is 0 Å². The second-order valence-corrected chi connectivity index (χ2v) is 4.31. The zero-order valence-corrected chi connectivity index (χ0v) is 8.61. The normalized spacial score (nSPS) is 29.4. The monoisotopic (exact) mass is 194 g/mol. The first-order valence-electron chi connectivity index (χ1n) is 4.56. The van der Waals surface area contributed by atoms with Crippen LogP contribution in [0.2, 0.25) is 0 Å². The van der Waals surface area contributed by atoms with Crippen LogP contribution in [0.5, 0.6) is 0 Å². The van der Waals surface area contributed by atoms with Crippen molar-refractivity contribution in [3.8, 4) is 6.07 Å². The fraction of sp³-hybridized carbons (Fsp3) is 0.700. The minimum atomic E-state index is -0.217. The number of hydrogen-bond donors (Lipinski definition) is 1. The van der Waals surface area contributed by atoms with Crippen molar-refractivity contribution in [2.75, 3.05) is 0 Å². The average molecular weight is 194 g/mol. The molecule has 0 amide bonds. The van der Waals surface area contributed by atoms with Gasteiger partial charge in [-0.25, -0.2) is 0 Å². The predicted molar refractivity (Wildman–Crippen MR) is 50.9 cm³/mol. The lowest BCUT2D eigenvalue weighted by molar-refractivity contribution is -0.111. The topological polar surface area (TPSA) is 73.4 Å². The number of oxime groups is 1. The van der Waals surface area contributed by atoms with E-state index >= 15 is 0 Å². The Labute approximate surface area is 83.2 Å². The fourth-order valence-corrected chi connectivity index (χ4v) is 2.12. The van der Waals surface area contributed by atoms with Gasteiger partial charge in [-0.15, -0.1) is 0 Å². The van der Waals surface area contributed by atoms with Gasteiger partial charge >= 0.3 is 0 Å². The van der Waals surface area contributed by atoms with Crippen LogP contribution in [0.15, 0.2) is 5.16 Å². The van der Waals surface area contributed by atoms with E-state index < -0.39 is 0 Å². The van der Waals surface area contributed by atoms with Crippen molar-refractivity contribution in [2.45, 2.75) is 27.2 Å². The van der Waals surface area contributed by atoms with Gasteiger partial charge in [-0.1, -0.05) is 19.0 Å². The van der Waals surface area contributed by atoms with Gasteiger partial charge in [-0.2, -0.15) is 5.26 Å². The Kier molecular flexibility index (Phi) is 2.61. The Morgan fingerprint density at radius 3 is 2.57 bits per heavy atom. The highest BCUT2D eigenvalue weighted by Crippen LogP contribution is 2.60. The van der Waals surface area contributed by atoms with Gasteiger partial charge in [0.1, 0.15) is 5.71 Å². The van der Waals surface area contributed by atoms with Crippen molar-refractivity contribution < 1.29 is 10.0 Å². The SMILES string of the molecule is CC(=O)/C(=N/O)[C@H]1[C@H](CC#N)C1(C)C. The van der Waals surface area contributed by atoms with E-state index in [0.29, 0.717) is 6.42 Å². The van der Waals surface area contributed by atoms with E-state index in [2.05, 4.69) is 11.2 Å². The van der Waals surface area contributed by atoms with Crippen LogP contribution in [0.25, 0.3) is 0 Å². The highest BCUT2D eigenvalue weighted by atomic mass is 16.4. The van der Waals surface area contributed by atoms with Gasteiger partial charge in [0.25, 0.3) is 0 Å². The Balaban J connectivity index is 2.83. The zero-order chi connectivity index (χ0) is 10.9.